The molecule has 1 unspecified atom stereocenters. The Morgan fingerprint density at radius 1 is 0.902 bits per heavy atom. The lowest BCUT2D eigenvalue weighted by Gasteiger charge is -2.33. The van der Waals surface area contributed by atoms with Gasteiger partial charge in [-0.25, -0.2) is 4.79 Å². The zero-order chi connectivity index (χ0) is 28.7. The third kappa shape index (κ3) is 5.08. The van der Waals surface area contributed by atoms with E-state index in [-0.39, 0.29) is 12.1 Å². The number of fused-ring (bicyclic) bond motifs is 2. The van der Waals surface area contributed by atoms with Crippen molar-refractivity contribution in [1.29, 1.82) is 0 Å². The molecule has 0 radical (unpaired) electrons. The van der Waals surface area contributed by atoms with Gasteiger partial charge in [0.25, 0.3) is 5.56 Å². The number of anilines is 2. The number of carboxylic acid groups (broad SMARTS) is 1. The minimum Gasteiger partial charge on any atom is -0.480 e. The van der Waals surface area contributed by atoms with Gasteiger partial charge in [-0.2, -0.15) is 13.2 Å². The molecule has 1 atom stereocenters. The SMILES string of the molecule is O=C(O)C1CN(Cc2ccccc2)c2c(-c3cccc(C(F)(F)F)c3)c(CN3CCCc4ccccc43)cc(=O)n21. The van der Waals surface area contributed by atoms with Gasteiger partial charge in [-0.05, 0) is 53.3 Å². The topological polar surface area (TPSA) is 65.8 Å². The van der Waals surface area contributed by atoms with Crippen LogP contribution in [-0.4, -0.2) is 28.7 Å². The zero-order valence-corrected chi connectivity index (χ0v) is 22.1. The highest BCUT2D eigenvalue weighted by atomic mass is 19.4. The van der Waals surface area contributed by atoms with Crippen LogP contribution in [0.25, 0.3) is 11.1 Å². The molecule has 0 amide bonds. The number of alkyl halides is 3. The highest BCUT2D eigenvalue weighted by molar-refractivity contribution is 5.85. The normalized spacial score (nSPS) is 16.4. The number of hydrogen-bond acceptors (Lipinski definition) is 4. The molecule has 0 saturated carbocycles. The second-order valence-electron chi connectivity index (χ2n) is 10.5. The minimum absolute atomic E-state index is 0.0153. The monoisotopic (exact) mass is 559 g/mol. The number of rotatable bonds is 6. The standard InChI is InChI=1S/C32H28F3N3O3/c33-32(34,35)25-13-6-11-23(16-25)29-24(19-36-15-7-12-22-10-4-5-14-26(22)36)17-28(39)38-27(31(40)41)20-37(30(29)38)18-21-8-2-1-3-9-21/h1-6,8-11,13-14,16-17,27H,7,12,15,18-20H2,(H,40,41). The maximum absolute atomic E-state index is 13.8. The third-order valence-corrected chi connectivity index (χ3v) is 7.86. The van der Waals surface area contributed by atoms with Crippen LogP contribution in [0, 0.1) is 0 Å². The number of para-hydroxylation sites is 1. The summed E-state index contributed by atoms with van der Waals surface area (Å²) in [6, 6.07) is 22.7. The first-order valence-corrected chi connectivity index (χ1v) is 13.5. The molecule has 1 N–H and O–H groups in total. The van der Waals surface area contributed by atoms with Crippen LogP contribution in [-0.2, 0) is 30.5 Å². The largest absolute Gasteiger partial charge is 0.480 e. The van der Waals surface area contributed by atoms with Crippen molar-refractivity contribution in [3.05, 3.63) is 118 Å². The van der Waals surface area contributed by atoms with Crippen LogP contribution in [0.2, 0.25) is 0 Å². The molecular weight excluding hydrogens is 531 g/mol. The smallest absolute Gasteiger partial charge is 0.416 e. The molecule has 9 heteroatoms. The van der Waals surface area contributed by atoms with Crippen molar-refractivity contribution in [2.75, 3.05) is 22.9 Å². The summed E-state index contributed by atoms with van der Waals surface area (Å²) in [4.78, 5) is 29.9. The Bertz CT molecular complexity index is 1670. The Morgan fingerprint density at radius 3 is 2.41 bits per heavy atom. The number of aryl methyl sites for hydroxylation is 1. The summed E-state index contributed by atoms with van der Waals surface area (Å²) < 4.78 is 42.8. The van der Waals surface area contributed by atoms with Crippen LogP contribution in [0.3, 0.4) is 0 Å². The average molecular weight is 560 g/mol. The van der Waals surface area contributed by atoms with Crippen molar-refractivity contribution in [2.24, 2.45) is 0 Å². The highest BCUT2D eigenvalue weighted by Crippen LogP contribution is 2.42. The number of carboxylic acids is 1. The maximum atomic E-state index is 13.8. The molecule has 3 heterocycles. The predicted molar refractivity (Wildman–Crippen MR) is 151 cm³/mol. The summed E-state index contributed by atoms with van der Waals surface area (Å²) >= 11 is 0. The van der Waals surface area contributed by atoms with E-state index in [4.69, 9.17) is 0 Å². The second kappa shape index (κ2) is 10.5. The molecule has 0 fully saturated rings. The van der Waals surface area contributed by atoms with Gasteiger partial charge in [0.2, 0.25) is 0 Å². The Balaban J connectivity index is 1.57. The number of benzene rings is 3. The third-order valence-electron chi connectivity index (χ3n) is 7.86. The van der Waals surface area contributed by atoms with Gasteiger partial charge in [0.15, 0.2) is 6.04 Å². The number of carbonyl (C=O) groups is 1. The highest BCUT2D eigenvalue weighted by Gasteiger charge is 2.38. The first-order valence-electron chi connectivity index (χ1n) is 13.5. The Morgan fingerprint density at radius 2 is 1.66 bits per heavy atom. The van der Waals surface area contributed by atoms with E-state index in [0.717, 1.165) is 42.8 Å². The number of aromatic nitrogens is 1. The quantitative estimate of drug-likeness (QED) is 0.308. The first-order chi connectivity index (χ1) is 19.7. The van der Waals surface area contributed by atoms with E-state index in [1.165, 1.54) is 22.3 Å². The Hall–Kier alpha value is -4.53. The summed E-state index contributed by atoms with van der Waals surface area (Å²) in [6.45, 7) is 1.33. The van der Waals surface area contributed by atoms with Crippen molar-refractivity contribution in [3.8, 4) is 11.1 Å². The number of halogens is 3. The van der Waals surface area contributed by atoms with Gasteiger partial charge in [0, 0.05) is 37.0 Å². The first kappa shape index (κ1) is 26.7. The van der Waals surface area contributed by atoms with Gasteiger partial charge in [0.05, 0.1) is 12.1 Å². The molecule has 0 aliphatic carbocycles. The molecule has 6 rings (SSSR count). The number of hydrogen-bond donors (Lipinski definition) is 1. The number of aliphatic carboxylic acids is 1. The molecule has 210 valence electrons. The molecule has 2 aliphatic heterocycles. The molecular formula is C32H28F3N3O3. The molecule has 4 aromatic rings. The molecule has 0 bridgehead atoms. The van der Waals surface area contributed by atoms with Crippen LogP contribution in [0.15, 0.2) is 89.7 Å². The predicted octanol–water partition coefficient (Wildman–Crippen LogP) is 6.13. The molecule has 2 aliphatic rings. The van der Waals surface area contributed by atoms with E-state index in [1.54, 1.807) is 11.0 Å². The minimum atomic E-state index is -4.57. The van der Waals surface area contributed by atoms with Crippen molar-refractivity contribution in [3.63, 3.8) is 0 Å². The van der Waals surface area contributed by atoms with Crippen molar-refractivity contribution in [1.82, 2.24) is 4.57 Å². The van der Waals surface area contributed by atoms with Crippen molar-refractivity contribution >= 4 is 17.5 Å². The van der Waals surface area contributed by atoms with Crippen LogP contribution in [0.5, 0.6) is 0 Å². The van der Waals surface area contributed by atoms with Gasteiger partial charge < -0.3 is 14.9 Å². The molecule has 6 nitrogen and oxygen atoms in total. The second-order valence-corrected chi connectivity index (χ2v) is 10.5. The Kier molecular flexibility index (Phi) is 6.81. The molecule has 0 saturated heterocycles. The summed E-state index contributed by atoms with van der Waals surface area (Å²) in [6.07, 6.45) is -2.74. The van der Waals surface area contributed by atoms with Crippen molar-refractivity contribution < 1.29 is 23.1 Å². The van der Waals surface area contributed by atoms with E-state index < -0.39 is 29.3 Å². The van der Waals surface area contributed by atoms with Crippen LogP contribution in [0.4, 0.5) is 24.7 Å². The van der Waals surface area contributed by atoms with Gasteiger partial charge in [0.1, 0.15) is 5.82 Å². The fourth-order valence-electron chi connectivity index (χ4n) is 6.05. The lowest BCUT2D eigenvalue weighted by molar-refractivity contribution is -0.140. The van der Waals surface area contributed by atoms with E-state index in [0.29, 0.717) is 30.0 Å². The van der Waals surface area contributed by atoms with E-state index in [1.807, 2.05) is 48.5 Å². The number of pyridine rings is 1. The molecule has 3 aromatic carbocycles. The van der Waals surface area contributed by atoms with Gasteiger partial charge >= 0.3 is 12.1 Å². The van der Waals surface area contributed by atoms with Crippen LogP contribution < -0.4 is 15.4 Å². The lowest BCUT2D eigenvalue weighted by Crippen LogP contribution is -2.31. The van der Waals surface area contributed by atoms with Gasteiger partial charge in [-0.15, -0.1) is 0 Å². The summed E-state index contributed by atoms with van der Waals surface area (Å²) in [5.41, 5.74) is 3.08. The van der Waals surface area contributed by atoms with Gasteiger partial charge in [-0.3, -0.25) is 9.36 Å². The fourth-order valence-corrected chi connectivity index (χ4v) is 6.05. The summed E-state index contributed by atoms with van der Waals surface area (Å²) in [5, 5.41) is 10.1. The average Bonchev–Trinajstić information content (AvgIpc) is 3.33. The van der Waals surface area contributed by atoms with Crippen LogP contribution in [0.1, 0.15) is 34.7 Å². The summed E-state index contributed by atoms with van der Waals surface area (Å²) in [7, 11) is 0. The maximum Gasteiger partial charge on any atom is 0.416 e. The molecule has 1 aromatic heterocycles. The van der Waals surface area contributed by atoms with E-state index in [9.17, 15) is 27.9 Å². The van der Waals surface area contributed by atoms with E-state index >= 15 is 0 Å². The molecule has 41 heavy (non-hydrogen) atoms. The fraction of sp³-hybridized carbons (Fsp3) is 0.250. The summed E-state index contributed by atoms with van der Waals surface area (Å²) in [5.74, 6) is -0.843. The van der Waals surface area contributed by atoms with Crippen molar-refractivity contribution in [2.45, 2.75) is 38.1 Å². The lowest BCUT2D eigenvalue weighted by atomic mass is 9.96. The van der Waals surface area contributed by atoms with Gasteiger partial charge in [-0.1, -0.05) is 60.7 Å². The van der Waals surface area contributed by atoms with E-state index in [2.05, 4.69) is 11.0 Å². The molecule has 0 spiro atoms. The number of nitrogens with zero attached hydrogens (tertiary/aromatic N) is 3. The zero-order valence-electron chi connectivity index (χ0n) is 22.1. The van der Waals surface area contributed by atoms with Crippen LogP contribution >= 0.6 is 0 Å². The Labute approximate surface area is 234 Å².